The molecule has 23 heavy (non-hydrogen) atoms. The van der Waals surface area contributed by atoms with Gasteiger partial charge >= 0.3 is 0 Å². The lowest BCUT2D eigenvalue weighted by atomic mass is 10.0. The lowest BCUT2D eigenvalue weighted by Crippen LogP contribution is -2.42. The van der Waals surface area contributed by atoms with Gasteiger partial charge in [-0.1, -0.05) is 42.5 Å². The SMILES string of the molecule is CSCC(C)(O)CNC(=O)CCCc1ccc2ccccc2c1. The Morgan fingerprint density at radius 1 is 1.22 bits per heavy atom. The van der Waals surface area contributed by atoms with E-state index >= 15 is 0 Å². The van der Waals surface area contributed by atoms with Gasteiger partial charge in [-0.3, -0.25) is 4.79 Å². The molecule has 1 atom stereocenters. The predicted molar refractivity (Wildman–Crippen MR) is 98.9 cm³/mol. The topological polar surface area (TPSA) is 49.3 Å². The molecule has 2 aromatic rings. The summed E-state index contributed by atoms with van der Waals surface area (Å²) in [5.41, 5.74) is 0.416. The first-order valence-corrected chi connectivity index (χ1v) is 9.35. The molecule has 1 amide bonds. The molecule has 0 fully saturated rings. The minimum absolute atomic E-state index is 0.00664. The smallest absolute Gasteiger partial charge is 0.220 e. The molecule has 1 unspecified atom stereocenters. The van der Waals surface area contributed by atoms with Crippen LogP contribution >= 0.6 is 11.8 Å². The van der Waals surface area contributed by atoms with Crippen molar-refractivity contribution in [2.75, 3.05) is 18.6 Å². The van der Waals surface area contributed by atoms with Gasteiger partial charge in [0.15, 0.2) is 0 Å². The normalized spacial score (nSPS) is 13.7. The van der Waals surface area contributed by atoms with Gasteiger partial charge < -0.3 is 10.4 Å². The molecule has 3 nitrogen and oxygen atoms in total. The van der Waals surface area contributed by atoms with Gasteiger partial charge in [-0.05, 0) is 42.4 Å². The van der Waals surface area contributed by atoms with E-state index in [-0.39, 0.29) is 5.91 Å². The van der Waals surface area contributed by atoms with E-state index in [1.54, 1.807) is 18.7 Å². The highest BCUT2D eigenvalue weighted by Gasteiger charge is 2.20. The van der Waals surface area contributed by atoms with Crippen LogP contribution in [-0.4, -0.2) is 35.2 Å². The van der Waals surface area contributed by atoms with Crippen molar-refractivity contribution >= 4 is 28.4 Å². The number of rotatable bonds is 8. The van der Waals surface area contributed by atoms with Crippen molar-refractivity contribution in [2.24, 2.45) is 0 Å². The summed E-state index contributed by atoms with van der Waals surface area (Å²) in [6.07, 6.45) is 4.14. The van der Waals surface area contributed by atoms with E-state index in [0.29, 0.717) is 18.7 Å². The molecule has 0 aliphatic rings. The van der Waals surface area contributed by atoms with Gasteiger partial charge in [-0.2, -0.15) is 11.8 Å². The molecule has 0 saturated carbocycles. The van der Waals surface area contributed by atoms with Crippen LogP contribution in [0.5, 0.6) is 0 Å². The van der Waals surface area contributed by atoms with Crippen LogP contribution in [0.3, 0.4) is 0 Å². The fourth-order valence-electron chi connectivity index (χ4n) is 2.59. The van der Waals surface area contributed by atoms with Crippen LogP contribution in [0.15, 0.2) is 42.5 Å². The Hall–Kier alpha value is -1.52. The summed E-state index contributed by atoms with van der Waals surface area (Å²) in [6.45, 7) is 2.06. The minimum Gasteiger partial charge on any atom is -0.387 e. The monoisotopic (exact) mass is 331 g/mol. The molecule has 0 aliphatic carbocycles. The summed E-state index contributed by atoms with van der Waals surface area (Å²) >= 11 is 1.57. The van der Waals surface area contributed by atoms with Crippen molar-refractivity contribution < 1.29 is 9.90 Å². The van der Waals surface area contributed by atoms with Crippen LogP contribution in [0.1, 0.15) is 25.3 Å². The zero-order chi connectivity index (χ0) is 16.7. The molecule has 0 heterocycles. The van der Waals surface area contributed by atoms with Crippen LogP contribution in [0.25, 0.3) is 10.8 Å². The molecule has 2 aromatic carbocycles. The third-order valence-electron chi connectivity index (χ3n) is 3.80. The summed E-state index contributed by atoms with van der Waals surface area (Å²) in [4.78, 5) is 11.9. The van der Waals surface area contributed by atoms with Crippen molar-refractivity contribution in [3.63, 3.8) is 0 Å². The zero-order valence-corrected chi connectivity index (χ0v) is 14.7. The highest BCUT2D eigenvalue weighted by Crippen LogP contribution is 2.17. The summed E-state index contributed by atoms with van der Waals surface area (Å²) in [5.74, 6) is 0.622. The maximum atomic E-state index is 11.9. The number of aryl methyl sites for hydroxylation is 1. The fourth-order valence-corrected chi connectivity index (χ4v) is 3.31. The summed E-state index contributed by atoms with van der Waals surface area (Å²) in [6, 6.07) is 14.7. The Labute approximate surface area is 142 Å². The first kappa shape index (κ1) is 17.8. The van der Waals surface area contributed by atoms with E-state index < -0.39 is 5.60 Å². The van der Waals surface area contributed by atoms with E-state index in [2.05, 4.69) is 35.6 Å². The molecule has 0 spiro atoms. The van der Waals surface area contributed by atoms with Gasteiger partial charge in [0.1, 0.15) is 0 Å². The van der Waals surface area contributed by atoms with E-state index in [1.165, 1.54) is 16.3 Å². The van der Waals surface area contributed by atoms with Crippen LogP contribution in [0.2, 0.25) is 0 Å². The van der Waals surface area contributed by atoms with Gasteiger partial charge in [0.25, 0.3) is 0 Å². The van der Waals surface area contributed by atoms with Crippen molar-refractivity contribution in [1.82, 2.24) is 5.32 Å². The number of amides is 1. The molecule has 4 heteroatoms. The molecule has 0 aliphatic heterocycles. The Balaban J connectivity index is 1.76. The van der Waals surface area contributed by atoms with Gasteiger partial charge in [0, 0.05) is 18.7 Å². The molecular weight excluding hydrogens is 306 g/mol. The first-order chi connectivity index (χ1) is 11.0. The van der Waals surface area contributed by atoms with Crippen LogP contribution in [0.4, 0.5) is 0 Å². The molecule has 124 valence electrons. The maximum absolute atomic E-state index is 11.9. The van der Waals surface area contributed by atoms with Gasteiger partial charge in [-0.15, -0.1) is 0 Å². The number of carbonyl (C=O) groups excluding carboxylic acids is 1. The molecule has 0 radical (unpaired) electrons. The molecule has 0 bridgehead atoms. The number of hydrogen-bond donors (Lipinski definition) is 2. The number of aliphatic hydroxyl groups is 1. The van der Waals surface area contributed by atoms with Crippen molar-refractivity contribution in [1.29, 1.82) is 0 Å². The average Bonchev–Trinajstić information content (AvgIpc) is 2.53. The van der Waals surface area contributed by atoms with E-state index in [4.69, 9.17) is 0 Å². The largest absolute Gasteiger partial charge is 0.387 e. The molecule has 2 rings (SSSR count). The Bertz CT molecular complexity index is 655. The molecule has 2 N–H and O–H groups in total. The lowest BCUT2D eigenvalue weighted by molar-refractivity contribution is -0.122. The standard InChI is InChI=1S/C19H25NO2S/c1-19(22,14-23-2)13-20-18(21)9-5-6-15-10-11-16-7-3-4-8-17(16)12-15/h3-4,7-8,10-12,22H,5-6,9,13-14H2,1-2H3,(H,20,21). The zero-order valence-electron chi connectivity index (χ0n) is 13.8. The Morgan fingerprint density at radius 3 is 2.70 bits per heavy atom. The number of hydrogen-bond acceptors (Lipinski definition) is 3. The summed E-state index contributed by atoms with van der Waals surface area (Å²) in [5, 5.41) is 15.3. The number of fused-ring (bicyclic) bond motifs is 1. The van der Waals surface area contributed by atoms with Gasteiger partial charge in [0.2, 0.25) is 5.91 Å². The van der Waals surface area contributed by atoms with E-state index in [0.717, 1.165) is 12.8 Å². The second kappa shape index (κ2) is 8.37. The first-order valence-electron chi connectivity index (χ1n) is 7.96. The van der Waals surface area contributed by atoms with Gasteiger partial charge in [-0.25, -0.2) is 0 Å². The Kier molecular flexibility index (Phi) is 6.48. The third-order valence-corrected chi connectivity index (χ3v) is 4.72. The number of benzene rings is 2. The van der Waals surface area contributed by atoms with Crippen LogP contribution < -0.4 is 5.32 Å². The second-order valence-corrected chi connectivity index (χ2v) is 7.11. The molecular formula is C19H25NO2S. The third kappa shape index (κ3) is 5.88. The number of thioether (sulfide) groups is 1. The van der Waals surface area contributed by atoms with Crippen molar-refractivity contribution in [2.45, 2.75) is 31.8 Å². The lowest BCUT2D eigenvalue weighted by Gasteiger charge is -2.22. The average molecular weight is 331 g/mol. The van der Waals surface area contributed by atoms with Crippen LogP contribution in [-0.2, 0) is 11.2 Å². The second-order valence-electron chi connectivity index (χ2n) is 6.24. The quantitative estimate of drug-likeness (QED) is 0.779. The minimum atomic E-state index is -0.840. The highest BCUT2D eigenvalue weighted by atomic mass is 32.2. The van der Waals surface area contributed by atoms with Crippen molar-refractivity contribution in [3.8, 4) is 0 Å². The summed E-state index contributed by atoms with van der Waals surface area (Å²) in [7, 11) is 0. The summed E-state index contributed by atoms with van der Waals surface area (Å²) < 4.78 is 0. The molecule has 0 saturated heterocycles. The Morgan fingerprint density at radius 2 is 1.96 bits per heavy atom. The maximum Gasteiger partial charge on any atom is 0.220 e. The predicted octanol–water partition coefficient (Wildman–Crippen LogP) is 3.39. The number of nitrogens with one attached hydrogen (secondary N) is 1. The highest BCUT2D eigenvalue weighted by molar-refractivity contribution is 7.98. The van der Waals surface area contributed by atoms with E-state index in [1.807, 2.05) is 18.4 Å². The van der Waals surface area contributed by atoms with Crippen LogP contribution in [0, 0.1) is 0 Å². The van der Waals surface area contributed by atoms with Crippen molar-refractivity contribution in [3.05, 3.63) is 48.0 Å². The van der Waals surface area contributed by atoms with E-state index in [9.17, 15) is 9.90 Å². The van der Waals surface area contributed by atoms with Gasteiger partial charge in [0.05, 0.1) is 5.60 Å². The molecule has 0 aromatic heterocycles. The fraction of sp³-hybridized carbons (Fsp3) is 0.421. The number of carbonyl (C=O) groups is 1.